The Kier molecular flexibility index (Phi) is 6.22. The van der Waals surface area contributed by atoms with Crippen molar-refractivity contribution >= 4 is 11.3 Å². The highest BCUT2D eigenvalue weighted by Gasteiger charge is 2.24. The summed E-state index contributed by atoms with van der Waals surface area (Å²) in [6, 6.07) is 12.9. The van der Waals surface area contributed by atoms with Crippen LogP contribution in [0.15, 0.2) is 46.2 Å². The van der Waals surface area contributed by atoms with Crippen LogP contribution in [0.3, 0.4) is 0 Å². The molecule has 1 fully saturated rings. The maximum atomic E-state index is 5.94. The lowest BCUT2D eigenvalue weighted by molar-refractivity contribution is 0.0115. The molecular formula is C22H27N3O2S. The van der Waals surface area contributed by atoms with Gasteiger partial charge in [-0.25, -0.2) is 4.98 Å². The van der Waals surface area contributed by atoms with Gasteiger partial charge in [0.25, 0.3) is 0 Å². The van der Waals surface area contributed by atoms with Crippen molar-refractivity contribution < 1.29 is 9.15 Å². The molecule has 6 heteroatoms. The molecule has 0 bridgehead atoms. The Balaban J connectivity index is 1.38. The first-order chi connectivity index (χ1) is 13.7. The molecule has 0 spiro atoms. The fourth-order valence-electron chi connectivity index (χ4n) is 3.49. The number of morpholine rings is 1. The highest BCUT2D eigenvalue weighted by Crippen LogP contribution is 2.25. The van der Waals surface area contributed by atoms with Crippen molar-refractivity contribution in [3.05, 3.63) is 64.6 Å². The van der Waals surface area contributed by atoms with E-state index in [1.807, 2.05) is 13.0 Å². The van der Waals surface area contributed by atoms with Gasteiger partial charge in [0, 0.05) is 37.1 Å². The zero-order chi connectivity index (χ0) is 19.3. The van der Waals surface area contributed by atoms with Gasteiger partial charge in [-0.1, -0.05) is 29.8 Å². The lowest BCUT2D eigenvalue weighted by Gasteiger charge is -2.33. The van der Waals surface area contributed by atoms with Crippen molar-refractivity contribution in [1.29, 1.82) is 0 Å². The van der Waals surface area contributed by atoms with E-state index in [-0.39, 0.29) is 6.04 Å². The van der Waals surface area contributed by atoms with Crippen LogP contribution in [0.1, 0.15) is 28.8 Å². The van der Waals surface area contributed by atoms with Crippen LogP contribution in [-0.4, -0.2) is 42.7 Å². The van der Waals surface area contributed by atoms with Crippen LogP contribution >= 0.6 is 11.3 Å². The second-order valence-corrected chi connectivity index (χ2v) is 8.11. The molecule has 3 heterocycles. The third-order valence-corrected chi connectivity index (χ3v) is 6.01. The van der Waals surface area contributed by atoms with Crippen molar-refractivity contribution in [2.75, 3.05) is 32.8 Å². The van der Waals surface area contributed by atoms with E-state index in [1.54, 1.807) is 11.3 Å². The van der Waals surface area contributed by atoms with Crippen LogP contribution < -0.4 is 5.32 Å². The number of hydrogen-bond donors (Lipinski definition) is 1. The third-order valence-electron chi connectivity index (χ3n) is 5.07. The summed E-state index contributed by atoms with van der Waals surface area (Å²) < 4.78 is 11.5. The molecule has 0 aliphatic carbocycles. The summed E-state index contributed by atoms with van der Waals surface area (Å²) in [4.78, 5) is 7.23. The Morgan fingerprint density at radius 1 is 1.11 bits per heavy atom. The second-order valence-electron chi connectivity index (χ2n) is 7.25. The van der Waals surface area contributed by atoms with Crippen LogP contribution in [-0.2, 0) is 11.3 Å². The SMILES string of the molecule is Cc1ccc(-c2nc(CNCC(c3ccc(C)o3)N3CCOCC3)cs2)cc1. The molecule has 4 rings (SSSR count). The number of nitrogens with zero attached hydrogens (tertiary/aromatic N) is 2. The Bertz CT molecular complexity index is 881. The van der Waals surface area contributed by atoms with Gasteiger partial charge in [-0.15, -0.1) is 11.3 Å². The number of thiazole rings is 1. The molecule has 0 amide bonds. The fourth-order valence-corrected chi connectivity index (χ4v) is 4.31. The van der Waals surface area contributed by atoms with E-state index >= 15 is 0 Å². The van der Waals surface area contributed by atoms with Gasteiger partial charge in [-0.2, -0.15) is 0 Å². The van der Waals surface area contributed by atoms with Gasteiger partial charge in [-0.3, -0.25) is 4.90 Å². The Hall–Kier alpha value is -1.99. The summed E-state index contributed by atoms with van der Waals surface area (Å²) in [5, 5.41) is 6.80. The van der Waals surface area contributed by atoms with E-state index in [1.165, 1.54) is 11.1 Å². The lowest BCUT2D eigenvalue weighted by atomic mass is 10.1. The highest BCUT2D eigenvalue weighted by atomic mass is 32.1. The zero-order valence-electron chi connectivity index (χ0n) is 16.5. The first kappa shape index (κ1) is 19.3. The topological polar surface area (TPSA) is 50.5 Å². The van der Waals surface area contributed by atoms with Gasteiger partial charge in [0.1, 0.15) is 16.5 Å². The van der Waals surface area contributed by atoms with Crippen molar-refractivity contribution in [3.63, 3.8) is 0 Å². The quantitative estimate of drug-likeness (QED) is 0.648. The molecule has 1 atom stereocenters. The molecule has 2 aromatic heterocycles. The minimum Gasteiger partial charge on any atom is -0.465 e. The largest absolute Gasteiger partial charge is 0.465 e. The summed E-state index contributed by atoms with van der Waals surface area (Å²) in [7, 11) is 0. The van der Waals surface area contributed by atoms with Crippen molar-refractivity contribution in [2.45, 2.75) is 26.4 Å². The van der Waals surface area contributed by atoms with E-state index in [2.05, 4.69) is 52.9 Å². The van der Waals surface area contributed by atoms with E-state index in [9.17, 15) is 0 Å². The minimum absolute atomic E-state index is 0.216. The van der Waals surface area contributed by atoms with E-state index < -0.39 is 0 Å². The predicted molar refractivity (Wildman–Crippen MR) is 113 cm³/mol. The number of ether oxygens (including phenoxy) is 1. The van der Waals surface area contributed by atoms with E-state index in [4.69, 9.17) is 14.1 Å². The molecule has 148 valence electrons. The third kappa shape index (κ3) is 4.70. The van der Waals surface area contributed by atoms with Crippen LogP contribution in [0.4, 0.5) is 0 Å². The summed E-state index contributed by atoms with van der Waals surface area (Å²) in [6.07, 6.45) is 0. The predicted octanol–water partition coefficient (Wildman–Crippen LogP) is 4.18. The van der Waals surface area contributed by atoms with E-state index in [0.29, 0.717) is 0 Å². The molecular weight excluding hydrogens is 370 g/mol. The number of rotatable bonds is 7. The molecule has 28 heavy (non-hydrogen) atoms. The number of aryl methyl sites for hydroxylation is 2. The fraction of sp³-hybridized carbons (Fsp3) is 0.409. The average Bonchev–Trinajstić information content (AvgIpc) is 3.36. The van der Waals surface area contributed by atoms with Gasteiger partial charge < -0.3 is 14.5 Å². The Labute approximate surface area is 170 Å². The lowest BCUT2D eigenvalue weighted by Crippen LogP contribution is -2.42. The van der Waals surface area contributed by atoms with Crippen LogP contribution in [0.25, 0.3) is 10.6 Å². The average molecular weight is 398 g/mol. The zero-order valence-corrected chi connectivity index (χ0v) is 17.3. The molecule has 1 aromatic carbocycles. The maximum absolute atomic E-state index is 5.94. The molecule has 1 aliphatic heterocycles. The van der Waals surface area contributed by atoms with Gasteiger partial charge in [0.15, 0.2) is 0 Å². The smallest absolute Gasteiger partial charge is 0.123 e. The summed E-state index contributed by atoms with van der Waals surface area (Å²) in [5.74, 6) is 1.97. The van der Waals surface area contributed by atoms with Gasteiger partial charge in [0.2, 0.25) is 0 Å². The van der Waals surface area contributed by atoms with E-state index in [0.717, 1.165) is 61.6 Å². The molecule has 0 saturated carbocycles. The molecule has 0 radical (unpaired) electrons. The molecule has 1 unspecified atom stereocenters. The summed E-state index contributed by atoms with van der Waals surface area (Å²) in [6.45, 7) is 9.10. The van der Waals surface area contributed by atoms with Crippen molar-refractivity contribution in [1.82, 2.24) is 15.2 Å². The van der Waals surface area contributed by atoms with Gasteiger partial charge in [0.05, 0.1) is 24.9 Å². The molecule has 1 N–H and O–H groups in total. The summed E-state index contributed by atoms with van der Waals surface area (Å²) in [5.41, 5.74) is 3.53. The van der Waals surface area contributed by atoms with Crippen LogP contribution in [0, 0.1) is 13.8 Å². The molecule has 3 aromatic rings. The Morgan fingerprint density at radius 3 is 2.61 bits per heavy atom. The summed E-state index contributed by atoms with van der Waals surface area (Å²) >= 11 is 1.70. The number of furan rings is 1. The molecule has 1 aliphatic rings. The minimum atomic E-state index is 0.216. The number of hydrogen-bond acceptors (Lipinski definition) is 6. The maximum Gasteiger partial charge on any atom is 0.123 e. The first-order valence-corrected chi connectivity index (χ1v) is 10.7. The number of aromatic nitrogens is 1. The highest BCUT2D eigenvalue weighted by molar-refractivity contribution is 7.13. The molecule has 1 saturated heterocycles. The second kappa shape index (κ2) is 9.01. The van der Waals surface area contributed by atoms with Gasteiger partial charge in [-0.05, 0) is 26.0 Å². The first-order valence-electron chi connectivity index (χ1n) is 9.79. The molecule has 5 nitrogen and oxygen atoms in total. The van der Waals surface area contributed by atoms with Gasteiger partial charge >= 0.3 is 0 Å². The normalized spacial score (nSPS) is 16.4. The Morgan fingerprint density at radius 2 is 1.89 bits per heavy atom. The van der Waals surface area contributed by atoms with Crippen molar-refractivity contribution in [3.8, 4) is 10.6 Å². The number of nitrogens with one attached hydrogen (secondary N) is 1. The van der Waals surface area contributed by atoms with Crippen LogP contribution in [0.5, 0.6) is 0 Å². The number of benzene rings is 1. The monoisotopic (exact) mass is 397 g/mol. The van der Waals surface area contributed by atoms with Crippen molar-refractivity contribution in [2.24, 2.45) is 0 Å². The van der Waals surface area contributed by atoms with Crippen LogP contribution in [0.2, 0.25) is 0 Å². The standard InChI is InChI=1S/C22H27N3O2S/c1-16-3-6-18(7-4-16)22-24-19(15-28-22)13-23-14-20(21-8-5-17(2)27-21)25-9-11-26-12-10-25/h3-8,15,20,23H,9-14H2,1-2H3.